The summed E-state index contributed by atoms with van der Waals surface area (Å²) in [6, 6.07) is 21.5. The predicted molar refractivity (Wildman–Crippen MR) is 83.8 cm³/mol. The van der Waals surface area contributed by atoms with Crippen LogP contribution in [0.25, 0.3) is 0 Å². The van der Waals surface area contributed by atoms with Crippen molar-refractivity contribution in [1.29, 1.82) is 0 Å². The average molecular weight is 269 g/mol. The molecule has 2 aromatic rings. The van der Waals surface area contributed by atoms with Crippen LogP contribution in [0, 0.1) is 0 Å². The average Bonchev–Trinajstić information content (AvgIpc) is 2.53. The highest BCUT2D eigenvalue weighted by molar-refractivity contribution is 5.31. The van der Waals surface area contributed by atoms with Gasteiger partial charge in [0.25, 0.3) is 0 Å². The van der Waals surface area contributed by atoms with E-state index in [1.54, 1.807) is 7.11 Å². The lowest BCUT2D eigenvalue weighted by Gasteiger charge is -2.27. The molecular weight excluding hydrogens is 246 g/mol. The van der Waals surface area contributed by atoms with E-state index in [0.717, 1.165) is 0 Å². The van der Waals surface area contributed by atoms with E-state index in [9.17, 15) is 0 Å². The van der Waals surface area contributed by atoms with Gasteiger partial charge in [-0.15, -0.1) is 0 Å². The van der Waals surface area contributed by atoms with Gasteiger partial charge < -0.3 is 10.1 Å². The molecule has 0 saturated carbocycles. The molecule has 1 N–H and O–H groups in total. The van der Waals surface area contributed by atoms with Gasteiger partial charge in [0.05, 0.1) is 12.1 Å². The summed E-state index contributed by atoms with van der Waals surface area (Å²) in [5.74, 6) is 0. The Morgan fingerprint density at radius 3 is 1.65 bits per heavy atom. The Labute approximate surface area is 121 Å². The van der Waals surface area contributed by atoms with Crippen LogP contribution in [-0.4, -0.2) is 19.3 Å². The van der Waals surface area contributed by atoms with E-state index < -0.39 is 0 Å². The predicted octanol–water partition coefficient (Wildman–Crippen LogP) is 3.79. The first-order valence-corrected chi connectivity index (χ1v) is 7.11. The minimum Gasteiger partial charge on any atom is -0.380 e. The molecule has 0 saturated heterocycles. The molecule has 0 fully saturated rings. The molecule has 0 aliphatic carbocycles. The van der Waals surface area contributed by atoms with Crippen LogP contribution in [0.3, 0.4) is 0 Å². The summed E-state index contributed by atoms with van der Waals surface area (Å²) in [5.41, 5.74) is 2.54. The van der Waals surface area contributed by atoms with Crippen LogP contribution in [0.1, 0.15) is 31.0 Å². The monoisotopic (exact) mass is 269 g/mol. The molecule has 20 heavy (non-hydrogen) atoms. The van der Waals surface area contributed by atoms with E-state index in [4.69, 9.17) is 4.74 Å². The minimum absolute atomic E-state index is 0.171. The third kappa shape index (κ3) is 3.69. The highest BCUT2D eigenvalue weighted by atomic mass is 16.5. The van der Waals surface area contributed by atoms with E-state index in [1.165, 1.54) is 11.1 Å². The zero-order valence-corrected chi connectivity index (χ0v) is 12.4. The van der Waals surface area contributed by atoms with Gasteiger partial charge >= 0.3 is 0 Å². The Bertz CT molecular complexity index is 458. The lowest BCUT2D eigenvalue weighted by Crippen LogP contribution is -2.39. The van der Waals surface area contributed by atoms with Crippen molar-refractivity contribution in [3.05, 3.63) is 71.8 Å². The van der Waals surface area contributed by atoms with E-state index in [1.807, 2.05) is 12.1 Å². The topological polar surface area (TPSA) is 21.3 Å². The Balaban J connectivity index is 2.26. The molecule has 2 atom stereocenters. The van der Waals surface area contributed by atoms with Crippen LogP contribution in [0.2, 0.25) is 0 Å². The second-order valence-corrected chi connectivity index (χ2v) is 5.15. The molecule has 2 unspecified atom stereocenters. The summed E-state index contributed by atoms with van der Waals surface area (Å²) in [6.07, 6.45) is 0.171. The quantitative estimate of drug-likeness (QED) is 0.861. The van der Waals surface area contributed by atoms with Crippen molar-refractivity contribution < 1.29 is 4.74 Å². The zero-order valence-electron chi connectivity index (χ0n) is 12.4. The first-order valence-electron chi connectivity index (χ1n) is 7.11. The van der Waals surface area contributed by atoms with Crippen LogP contribution >= 0.6 is 0 Å². The number of hydrogen-bond donors (Lipinski definition) is 1. The Morgan fingerprint density at radius 1 is 0.800 bits per heavy atom. The van der Waals surface area contributed by atoms with Gasteiger partial charge in [-0.05, 0) is 25.0 Å². The summed E-state index contributed by atoms with van der Waals surface area (Å²) >= 11 is 0. The fourth-order valence-corrected chi connectivity index (χ4v) is 2.28. The Morgan fingerprint density at radius 2 is 1.25 bits per heavy atom. The van der Waals surface area contributed by atoms with Gasteiger partial charge in [-0.2, -0.15) is 0 Å². The maximum Gasteiger partial charge on any atom is 0.0693 e. The van der Waals surface area contributed by atoms with Crippen LogP contribution in [0.4, 0.5) is 0 Å². The second kappa shape index (κ2) is 7.22. The summed E-state index contributed by atoms with van der Waals surface area (Å²) in [5, 5.41) is 3.68. The van der Waals surface area contributed by atoms with Crippen molar-refractivity contribution in [2.24, 2.45) is 0 Å². The molecule has 2 heteroatoms. The van der Waals surface area contributed by atoms with Gasteiger partial charge in [0, 0.05) is 13.2 Å². The van der Waals surface area contributed by atoms with Crippen molar-refractivity contribution in [3.63, 3.8) is 0 Å². The van der Waals surface area contributed by atoms with Crippen molar-refractivity contribution in [3.8, 4) is 0 Å². The van der Waals surface area contributed by atoms with Crippen LogP contribution in [0.5, 0.6) is 0 Å². The number of benzene rings is 2. The number of methoxy groups -OCH3 is 1. The van der Waals surface area contributed by atoms with Crippen molar-refractivity contribution in [1.82, 2.24) is 5.32 Å². The van der Waals surface area contributed by atoms with Gasteiger partial charge in [-0.1, -0.05) is 60.7 Å². The Hall–Kier alpha value is -1.64. The van der Waals surface area contributed by atoms with E-state index in [2.05, 4.69) is 67.7 Å². The van der Waals surface area contributed by atoms with Gasteiger partial charge in [0.15, 0.2) is 0 Å². The molecule has 0 aliphatic rings. The van der Waals surface area contributed by atoms with Gasteiger partial charge in [-0.3, -0.25) is 0 Å². The van der Waals surface area contributed by atoms with E-state index >= 15 is 0 Å². The summed E-state index contributed by atoms with van der Waals surface area (Å²) in [7, 11) is 1.75. The molecule has 0 radical (unpaired) electrons. The highest BCUT2D eigenvalue weighted by Gasteiger charge is 2.19. The normalized spacial score (nSPS) is 14.2. The Kier molecular flexibility index (Phi) is 5.33. The number of nitrogens with one attached hydrogen (secondary N) is 1. The minimum atomic E-state index is 0.171. The molecule has 2 rings (SSSR count). The van der Waals surface area contributed by atoms with Crippen LogP contribution < -0.4 is 5.32 Å². The third-order valence-electron chi connectivity index (χ3n) is 3.77. The molecule has 106 valence electrons. The fraction of sp³-hybridized carbons (Fsp3) is 0.333. The molecule has 0 heterocycles. The molecule has 2 aromatic carbocycles. The molecule has 0 bridgehead atoms. The molecular formula is C18H23NO. The van der Waals surface area contributed by atoms with Gasteiger partial charge in [-0.25, -0.2) is 0 Å². The highest BCUT2D eigenvalue weighted by Crippen LogP contribution is 2.22. The smallest absolute Gasteiger partial charge is 0.0693 e. The largest absolute Gasteiger partial charge is 0.380 e. The summed E-state index contributed by atoms with van der Waals surface area (Å²) in [4.78, 5) is 0. The molecule has 0 aromatic heterocycles. The van der Waals surface area contributed by atoms with Crippen molar-refractivity contribution in [2.75, 3.05) is 7.11 Å². The van der Waals surface area contributed by atoms with Gasteiger partial charge in [0.1, 0.15) is 0 Å². The van der Waals surface area contributed by atoms with Crippen molar-refractivity contribution in [2.45, 2.75) is 32.0 Å². The molecule has 0 spiro atoms. The van der Waals surface area contributed by atoms with E-state index in [0.29, 0.717) is 0 Å². The molecule has 2 nitrogen and oxygen atoms in total. The molecule has 0 amide bonds. The SMILES string of the molecule is COC(C)C(C)NC(c1ccccc1)c1ccccc1. The summed E-state index contributed by atoms with van der Waals surface area (Å²) in [6.45, 7) is 4.25. The first-order chi connectivity index (χ1) is 9.72. The number of ether oxygens (including phenoxy) is 1. The zero-order chi connectivity index (χ0) is 14.4. The maximum atomic E-state index is 5.42. The first kappa shape index (κ1) is 14.8. The third-order valence-corrected chi connectivity index (χ3v) is 3.77. The van der Waals surface area contributed by atoms with Crippen LogP contribution in [-0.2, 0) is 4.74 Å². The van der Waals surface area contributed by atoms with Crippen LogP contribution in [0.15, 0.2) is 60.7 Å². The molecule has 0 aliphatic heterocycles. The van der Waals surface area contributed by atoms with Crippen molar-refractivity contribution >= 4 is 0 Å². The standard InChI is InChI=1S/C18H23NO/c1-14(15(2)20-3)19-18(16-10-6-4-7-11-16)17-12-8-5-9-13-17/h4-15,18-19H,1-3H3. The van der Waals surface area contributed by atoms with E-state index in [-0.39, 0.29) is 18.2 Å². The second-order valence-electron chi connectivity index (χ2n) is 5.15. The summed E-state index contributed by atoms with van der Waals surface area (Å²) < 4.78 is 5.42. The number of rotatable bonds is 6. The van der Waals surface area contributed by atoms with Gasteiger partial charge in [0.2, 0.25) is 0 Å². The lowest BCUT2D eigenvalue weighted by atomic mass is 9.97. The number of hydrogen-bond acceptors (Lipinski definition) is 2. The maximum absolute atomic E-state index is 5.42. The lowest BCUT2D eigenvalue weighted by molar-refractivity contribution is 0.0861. The fourth-order valence-electron chi connectivity index (χ4n) is 2.28.